The number of hydrogen-bond acceptors (Lipinski definition) is 7. The van der Waals surface area contributed by atoms with Gasteiger partial charge in [-0.25, -0.2) is 0 Å². The first kappa shape index (κ1) is 27.2. The van der Waals surface area contributed by atoms with Crippen LogP contribution < -0.4 is 0 Å². The van der Waals surface area contributed by atoms with Gasteiger partial charge >= 0.3 is 11.9 Å². The summed E-state index contributed by atoms with van der Waals surface area (Å²) in [7, 11) is 0. The number of esters is 2. The van der Waals surface area contributed by atoms with Gasteiger partial charge in [0.05, 0.1) is 0 Å². The van der Waals surface area contributed by atoms with Gasteiger partial charge < -0.3 is 9.47 Å². The molecule has 0 bridgehead atoms. The average molecular weight is 533 g/mol. The highest BCUT2D eigenvalue weighted by Crippen LogP contribution is 2.67. The number of Topliss-reactive ketones (excluding diaryl/α,β-unsaturated/α-hetero) is 2. The molecule has 4 aliphatic carbocycles. The van der Waals surface area contributed by atoms with E-state index < -0.39 is 29.6 Å². The smallest absolute Gasteiger partial charge is 0.303 e. The van der Waals surface area contributed by atoms with Crippen molar-refractivity contribution < 1.29 is 33.4 Å². The molecule has 206 valence electrons. The lowest BCUT2D eigenvalue weighted by molar-refractivity contribution is -0.186. The molecule has 1 aromatic carbocycles. The Labute approximate surface area is 229 Å². The quantitative estimate of drug-likeness (QED) is 0.365. The second-order valence-corrected chi connectivity index (χ2v) is 11.8. The SMILES string of the molecule is CC(=O)OCC(=O)[C@@]1(OC(C)=O)CC[C@H]2[C@@H]3CCC4=CC(=O)CCC4=C3[C@@H](c3cccc(C(C)=O)c3)C[C@@]21C. The van der Waals surface area contributed by atoms with Crippen LogP contribution in [0.2, 0.25) is 0 Å². The average Bonchev–Trinajstić information content (AvgIpc) is 3.18. The van der Waals surface area contributed by atoms with Gasteiger partial charge in [0.2, 0.25) is 5.78 Å². The van der Waals surface area contributed by atoms with Crippen LogP contribution in [-0.4, -0.2) is 41.5 Å². The summed E-state index contributed by atoms with van der Waals surface area (Å²) in [5.74, 6) is -1.23. The Bertz CT molecular complexity index is 1330. The highest BCUT2D eigenvalue weighted by atomic mass is 16.6. The van der Waals surface area contributed by atoms with Crippen molar-refractivity contribution in [3.8, 4) is 0 Å². The largest absolute Gasteiger partial charge is 0.458 e. The Hall–Kier alpha value is -3.35. The van der Waals surface area contributed by atoms with Gasteiger partial charge in [0, 0.05) is 37.2 Å². The number of fused-ring (bicyclic) bond motifs is 4. The molecule has 5 atom stereocenters. The highest BCUT2D eigenvalue weighted by Gasteiger charge is 2.68. The minimum absolute atomic E-state index is 0.0230. The number of ether oxygens (including phenoxy) is 2. The number of allylic oxidation sites excluding steroid dienone is 4. The molecule has 0 amide bonds. The number of benzene rings is 1. The molecule has 4 aliphatic rings. The van der Waals surface area contributed by atoms with E-state index in [9.17, 15) is 24.0 Å². The van der Waals surface area contributed by atoms with Crippen LogP contribution in [0.15, 0.2) is 47.1 Å². The van der Waals surface area contributed by atoms with Gasteiger partial charge in [-0.3, -0.25) is 24.0 Å². The molecule has 0 saturated heterocycles. The monoisotopic (exact) mass is 532 g/mol. The van der Waals surface area contributed by atoms with Crippen molar-refractivity contribution >= 4 is 29.3 Å². The first-order valence-corrected chi connectivity index (χ1v) is 13.9. The van der Waals surface area contributed by atoms with Gasteiger partial charge in [-0.1, -0.05) is 30.7 Å². The second kappa shape index (κ2) is 10.00. The van der Waals surface area contributed by atoms with Crippen LogP contribution in [0.25, 0.3) is 0 Å². The topological polar surface area (TPSA) is 104 Å². The zero-order chi connectivity index (χ0) is 28.1. The summed E-state index contributed by atoms with van der Waals surface area (Å²) in [4.78, 5) is 62.5. The van der Waals surface area contributed by atoms with E-state index in [1.807, 2.05) is 18.2 Å². The molecule has 2 saturated carbocycles. The van der Waals surface area contributed by atoms with E-state index in [2.05, 4.69) is 6.92 Å². The fourth-order valence-electron chi connectivity index (χ4n) is 8.13. The lowest BCUT2D eigenvalue weighted by Crippen LogP contribution is -2.58. The maximum absolute atomic E-state index is 13.8. The molecule has 7 heteroatoms. The molecule has 0 radical (unpaired) electrons. The standard InChI is InChI=1S/C32H36O7/c1-18(33)21-6-5-7-22(14-21)27-16-31(4)28(26-10-8-23-15-24(36)9-11-25(23)30(26)27)12-13-32(31,39-20(3)35)29(37)17-38-19(2)34/h5-7,14-15,26-28H,8-13,16-17H2,1-4H3/t26-,27+,28-,31-,32-/m0/s1. The van der Waals surface area contributed by atoms with E-state index in [0.29, 0.717) is 37.7 Å². The van der Waals surface area contributed by atoms with Gasteiger partial charge in [-0.2, -0.15) is 0 Å². The van der Waals surface area contributed by atoms with Gasteiger partial charge in [-0.05, 0) is 86.1 Å². The summed E-state index contributed by atoms with van der Waals surface area (Å²) >= 11 is 0. The van der Waals surface area contributed by atoms with Crippen LogP contribution in [0.3, 0.4) is 0 Å². The van der Waals surface area contributed by atoms with Crippen LogP contribution in [-0.2, 0) is 28.7 Å². The van der Waals surface area contributed by atoms with Crippen LogP contribution in [0.5, 0.6) is 0 Å². The van der Waals surface area contributed by atoms with Crippen LogP contribution in [0.4, 0.5) is 0 Å². The van der Waals surface area contributed by atoms with E-state index in [-0.39, 0.29) is 35.1 Å². The van der Waals surface area contributed by atoms with Crippen LogP contribution in [0, 0.1) is 17.3 Å². The first-order valence-electron chi connectivity index (χ1n) is 13.9. The third kappa shape index (κ3) is 4.50. The van der Waals surface area contributed by atoms with E-state index in [1.165, 1.54) is 25.0 Å². The molecule has 0 spiro atoms. The molecular weight excluding hydrogens is 496 g/mol. The Kier molecular flexibility index (Phi) is 6.98. The van der Waals surface area contributed by atoms with Crippen molar-refractivity contribution in [2.45, 2.75) is 84.2 Å². The Morgan fingerprint density at radius 2 is 1.77 bits per heavy atom. The summed E-state index contributed by atoms with van der Waals surface area (Å²) < 4.78 is 11.1. The molecule has 0 aliphatic heterocycles. The molecule has 0 aromatic heterocycles. The van der Waals surface area contributed by atoms with Crippen molar-refractivity contribution in [1.29, 1.82) is 0 Å². The Morgan fingerprint density at radius 1 is 1.00 bits per heavy atom. The number of hydrogen-bond donors (Lipinski definition) is 0. The molecule has 0 unspecified atom stereocenters. The zero-order valence-corrected chi connectivity index (χ0v) is 23.1. The van der Waals surface area contributed by atoms with Crippen molar-refractivity contribution in [2.75, 3.05) is 6.61 Å². The number of rotatable bonds is 6. The van der Waals surface area contributed by atoms with Gasteiger partial charge in [0.15, 0.2) is 23.8 Å². The predicted molar refractivity (Wildman–Crippen MR) is 143 cm³/mol. The number of ketones is 3. The summed E-state index contributed by atoms with van der Waals surface area (Å²) in [5, 5.41) is 0. The molecule has 7 nitrogen and oxygen atoms in total. The number of carbonyl (C=O) groups excluding carboxylic acids is 5. The minimum atomic E-state index is -1.41. The fraction of sp³-hybridized carbons (Fsp3) is 0.531. The van der Waals surface area contributed by atoms with Crippen LogP contribution in [0.1, 0.15) is 94.5 Å². The zero-order valence-electron chi connectivity index (χ0n) is 23.1. The minimum Gasteiger partial charge on any atom is -0.458 e. The van der Waals surface area contributed by atoms with Crippen molar-refractivity contribution in [2.24, 2.45) is 17.3 Å². The van der Waals surface area contributed by atoms with Gasteiger partial charge in [0.1, 0.15) is 0 Å². The summed E-state index contributed by atoms with van der Waals surface area (Å²) in [6.45, 7) is 5.73. The molecule has 0 N–H and O–H groups in total. The second-order valence-electron chi connectivity index (χ2n) is 11.8. The van der Waals surface area contributed by atoms with E-state index in [0.717, 1.165) is 24.0 Å². The molecule has 39 heavy (non-hydrogen) atoms. The summed E-state index contributed by atoms with van der Waals surface area (Å²) in [6.07, 6.45) is 6.23. The first-order chi connectivity index (χ1) is 18.5. The predicted octanol–water partition coefficient (Wildman–Crippen LogP) is 5.22. The summed E-state index contributed by atoms with van der Waals surface area (Å²) in [5.41, 5.74) is 3.16. The molecule has 0 heterocycles. The third-order valence-corrected chi connectivity index (χ3v) is 9.72. The maximum atomic E-state index is 13.8. The van der Waals surface area contributed by atoms with E-state index >= 15 is 0 Å². The summed E-state index contributed by atoms with van der Waals surface area (Å²) in [6, 6.07) is 7.67. The fourth-order valence-corrected chi connectivity index (χ4v) is 8.13. The highest BCUT2D eigenvalue weighted by molar-refractivity contribution is 5.95. The Morgan fingerprint density at radius 3 is 2.46 bits per heavy atom. The van der Waals surface area contributed by atoms with Gasteiger partial charge in [0.25, 0.3) is 0 Å². The Balaban J connectivity index is 1.68. The third-order valence-electron chi connectivity index (χ3n) is 9.72. The van der Waals surface area contributed by atoms with Crippen LogP contribution >= 0.6 is 0 Å². The lowest BCUT2D eigenvalue weighted by atomic mass is 9.50. The molecular formula is C32H36O7. The number of carbonyl (C=O) groups is 5. The normalized spacial score (nSPS) is 31.4. The molecule has 2 fully saturated rings. The van der Waals surface area contributed by atoms with Gasteiger partial charge in [-0.15, -0.1) is 0 Å². The van der Waals surface area contributed by atoms with Crippen molar-refractivity contribution in [3.63, 3.8) is 0 Å². The van der Waals surface area contributed by atoms with Crippen molar-refractivity contribution in [1.82, 2.24) is 0 Å². The molecule has 1 aromatic rings. The van der Waals surface area contributed by atoms with E-state index in [1.54, 1.807) is 19.1 Å². The molecule has 5 rings (SSSR count). The van der Waals surface area contributed by atoms with E-state index in [4.69, 9.17) is 9.47 Å². The lowest BCUT2D eigenvalue weighted by Gasteiger charge is -2.55. The maximum Gasteiger partial charge on any atom is 0.303 e. The van der Waals surface area contributed by atoms with Crippen molar-refractivity contribution in [3.05, 3.63) is 58.2 Å².